The van der Waals surface area contributed by atoms with Crippen molar-refractivity contribution in [3.63, 3.8) is 0 Å². The first-order chi connectivity index (χ1) is 15.6. The molecule has 0 aromatic heterocycles. The first-order valence-corrected chi connectivity index (χ1v) is 11.4. The summed E-state index contributed by atoms with van der Waals surface area (Å²) < 4.78 is 30.3. The maximum absolute atomic E-state index is 12.6. The van der Waals surface area contributed by atoms with E-state index in [1.54, 1.807) is 12.1 Å². The van der Waals surface area contributed by atoms with Gasteiger partial charge in [0.25, 0.3) is 0 Å². The first-order valence-electron chi connectivity index (χ1n) is 9.95. The molecule has 1 unspecified atom stereocenters. The Morgan fingerprint density at radius 1 is 0.939 bits per heavy atom. The Balaban J connectivity index is 1.65. The number of benzene rings is 3. The molecule has 172 valence electrons. The van der Waals surface area contributed by atoms with Gasteiger partial charge in [-0.3, -0.25) is 4.79 Å². The molecule has 0 aliphatic rings. The molecule has 0 aliphatic heterocycles. The Labute approximate surface area is 192 Å². The zero-order valence-corrected chi connectivity index (χ0v) is 18.9. The molecule has 0 fully saturated rings. The van der Waals surface area contributed by atoms with E-state index >= 15 is 0 Å². The van der Waals surface area contributed by atoms with E-state index in [-0.39, 0.29) is 17.1 Å². The van der Waals surface area contributed by atoms with Crippen LogP contribution in [0.5, 0.6) is 5.75 Å². The van der Waals surface area contributed by atoms with Gasteiger partial charge in [-0.2, -0.15) is 18.6 Å². The predicted octanol–water partition coefficient (Wildman–Crippen LogP) is 3.89. The van der Waals surface area contributed by atoms with E-state index in [1.165, 1.54) is 36.4 Å². The van der Waals surface area contributed by atoms with Gasteiger partial charge in [0, 0.05) is 19.8 Å². The van der Waals surface area contributed by atoms with Crippen LogP contribution in [-0.4, -0.2) is 39.6 Å². The van der Waals surface area contributed by atoms with Crippen molar-refractivity contribution in [3.05, 3.63) is 78.4 Å². The fourth-order valence-electron chi connectivity index (χ4n) is 2.81. The third-order valence-corrected chi connectivity index (χ3v) is 5.94. The minimum atomic E-state index is -4.06. The van der Waals surface area contributed by atoms with Crippen LogP contribution in [0.1, 0.15) is 5.56 Å². The predicted molar refractivity (Wildman–Crippen MR) is 125 cm³/mol. The molecule has 0 spiro atoms. The lowest BCUT2D eigenvalue weighted by atomic mass is 10.1. The number of anilines is 1. The molecule has 1 atom stereocenters. The van der Waals surface area contributed by atoms with Crippen LogP contribution in [0, 0.1) is 0 Å². The SMILES string of the molecule is CN(C)c1ccc(N=Nc2ccc(S(=O)(=O)Oc3ccc(CC(N)C(=O)O)cc3)cc2)cc1. The van der Waals surface area contributed by atoms with Gasteiger partial charge in [-0.05, 0) is 72.6 Å². The van der Waals surface area contributed by atoms with Crippen molar-refractivity contribution in [1.82, 2.24) is 0 Å². The van der Waals surface area contributed by atoms with E-state index in [0.29, 0.717) is 16.9 Å². The molecule has 0 saturated heterocycles. The second-order valence-electron chi connectivity index (χ2n) is 7.43. The number of carboxylic acids is 1. The molecule has 3 rings (SSSR count). The molecule has 0 amide bonds. The molecule has 3 aromatic rings. The van der Waals surface area contributed by atoms with Crippen LogP contribution >= 0.6 is 0 Å². The van der Waals surface area contributed by atoms with Crippen molar-refractivity contribution >= 4 is 33.1 Å². The van der Waals surface area contributed by atoms with Gasteiger partial charge in [0.15, 0.2) is 0 Å². The first kappa shape index (κ1) is 23.9. The Morgan fingerprint density at radius 3 is 1.94 bits per heavy atom. The van der Waals surface area contributed by atoms with Crippen molar-refractivity contribution in [1.29, 1.82) is 0 Å². The van der Waals surface area contributed by atoms with Gasteiger partial charge in [0.05, 0.1) is 11.4 Å². The highest BCUT2D eigenvalue weighted by molar-refractivity contribution is 7.87. The number of rotatable bonds is 9. The normalized spacial score (nSPS) is 12.5. The highest BCUT2D eigenvalue weighted by Crippen LogP contribution is 2.24. The molecule has 9 nitrogen and oxygen atoms in total. The van der Waals surface area contributed by atoms with Crippen LogP contribution in [0.2, 0.25) is 0 Å². The zero-order chi connectivity index (χ0) is 24.0. The molecular formula is C23H24N4O5S. The number of hydrogen-bond donors (Lipinski definition) is 2. The van der Waals surface area contributed by atoms with E-state index in [2.05, 4.69) is 10.2 Å². The smallest absolute Gasteiger partial charge is 0.339 e. The third kappa shape index (κ3) is 6.61. The maximum atomic E-state index is 12.6. The third-order valence-electron chi connectivity index (χ3n) is 4.67. The largest absolute Gasteiger partial charge is 0.480 e. The van der Waals surface area contributed by atoms with Crippen LogP contribution in [0.3, 0.4) is 0 Å². The van der Waals surface area contributed by atoms with Gasteiger partial charge in [0.2, 0.25) is 0 Å². The van der Waals surface area contributed by atoms with Crippen molar-refractivity contribution in [2.45, 2.75) is 17.4 Å². The highest BCUT2D eigenvalue weighted by Gasteiger charge is 2.17. The summed E-state index contributed by atoms with van der Waals surface area (Å²) >= 11 is 0. The van der Waals surface area contributed by atoms with Crippen LogP contribution in [0.25, 0.3) is 0 Å². The molecule has 0 aliphatic carbocycles. The second-order valence-corrected chi connectivity index (χ2v) is 8.98. The minimum Gasteiger partial charge on any atom is -0.480 e. The van der Waals surface area contributed by atoms with Crippen LogP contribution in [0.4, 0.5) is 17.1 Å². The van der Waals surface area contributed by atoms with Gasteiger partial charge in [-0.1, -0.05) is 12.1 Å². The molecular weight excluding hydrogens is 444 g/mol. The van der Waals surface area contributed by atoms with E-state index in [0.717, 1.165) is 5.69 Å². The summed E-state index contributed by atoms with van der Waals surface area (Å²) in [5.74, 6) is -1.00. The maximum Gasteiger partial charge on any atom is 0.339 e. The summed E-state index contributed by atoms with van der Waals surface area (Å²) in [4.78, 5) is 12.8. The van der Waals surface area contributed by atoms with Gasteiger partial charge in [0.1, 0.15) is 16.7 Å². The highest BCUT2D eigenvalue weighted by atomic mass is 32.2. The number of nitrogens with two attached hydrogens (primary N) is 1. The van der Waals surface area contributed by atoms with E-state index in [4.69, 9.17) is 15.0 Å². The summed E-state index contributed by atoms with van der Waals surface area (Å²) in [6.07, 6.45) is 0.123. The summed E-state index contributed by atoms with van der Waals surface area (Å²) in [7, 11) is -0.160. The van der Waals surface area contributed by atoms with E-state index in [1.807, 2.05) is 43.3 Å². The number of nitrogens with zero attached hydrogens (tertiary/aromatic N) is 3. The number of hydrogen-bond acceptors (Lipinski definition) is 8. The lowest BCUT2D eigenvalue weighted by Gasteiger charge is -2.11. The van der Waals surface area contributed by atoms with E-state index < -0.39 is 22.1 Å². The fraction of sp³-hybridized carbons (Fsp3) is 0.174. The molecule has 0 radical (unpaired) electrons. The molecule has 0 heterocycles. The van der Waals surface area contributed by atoms with Gasteiger partial charge in [-0.15, -0.1) is 0 Å². The topological polar surface area (TPSA) is 135 Å². The average molecular weight is 469 g/mol. The van der Waals surface area contributed by atoms with E-state index in [9.17, 15) is 13.2 Å². The molecule has 0 bridgehead atoms. The lowest BCUT2D eigenvalue weighted by Crippen LogP contribution is -2.32. The average Bonchev–Trinajstić information content (AvgIpc) is 2.79. The van der Waals surface area contributed by atoms with Crippen molar-refractivity contribution in [2.75, 3.05) is 19.0 Å². The summed E-state index contributed by atoms with van der Waals surface area (Å²) in [5.41, 5.74) is 8.37. The fourth-order valence-corrected chi connectivity index (χ4v) is 3.74. The second kappa shape index (κ2) is 10.2. The number of carbonyl (C=O) groups is 1. The molecule has 3 aromatic carbocycles. The number of azo groups is 1. The van der Waals surface area contributed by atoms with Crippen molar-refractivity contribution in [3.8, 4) is 5.75 Å². The molecule has 0 saturated carbocycles. The van der Waals surface area contributed by atoms with Crippen LogP contribution < -0.4 is 14.8 Å². The lowest BCUT2D eigenvalue weighted by molar-refractivity contribution is -0.138. The molecule has 10 heteroatoms. The Bertz CT molecular complexity index is 1220. The summed E-state index contributed by atoms with van der Waals surface area (Å²) in [6.45, 7) is 0. The van der Waals surface area contributed by atoms with Gasteiger partial charge in [-0.25, -0.2) is 0 Å². The summed E-state index contributed by atoms with van der Waals surface area (Å²) in [5, 5.41) is 17.2. The number of aliphatic carboxylic acids is 1. The Kier molecular flexibility index (Phi) is 7.41. The quantitative estimate of drug-likeness (QED) is 0.359. The monoisotopic (exact) mass is 468 g/mol. The number of carboxylic acid groups (broad SMARTS) is 1. The zero-order valence-electron chi connectivity index (χ0n) is 18.1. The van der Waals surface area contributed by atoms with Crippen LogP contribution in [-0.2, 0) is 21.3 Å². The summed E-state index contributed by atoms with van der Waals surface area (Å²) in [6, 6.07) is 18.4. The van der Waals surface area contributed by atoms with Crippen molar-refractivity contribution < 1.29 is 22.5 Å². The van der Waals surface area contributed by atoms with Gasteiger partial charge >= 0.3 is 16.1 Å². The molecule has 3 N–H and O–H groups in total. The van der Waals surface area contributed by atoms with Gasteiger partial charge < -0.3 is 19.9 Å². The minimum absolute atomic E-state index is 0.0336. The molecule has 33 heavy (non-hydrogen) atoms. The van der Waals surface area contributed by atoms with Crippen molar-refractivity contribution in [2.24, 2.45) is 16.0 Å². The van der Waals surface area contributed by atoms with Crippen LogP contribution in [0.15, 0.2) is 87.9 Å². The Morgan fingerprint density at radius 2 is 1.45 bits per heavy atom. The standard InChI is InChI=1S/C23H24N4O5S/c1-27(2)19-9-5-17(6-10-19)25-26-18-7-13-21(14-8-18)33(30,31)32-20-11-3-16(4-12-20)15-22(24)23(28)29/h3-14,22H,15,24H2,1-2H3,(H,28,29). The Hall–Kier alpha value is -3.76.